The number of hydrogen-bond acceptors (Lipinski definition) is 1. The summed E-state index contributed by atoms with van der Waals surface area (Å²) in [6.45, 7) is 7.06. The van der Waals surface area contributed by atoms with E-state index in [1.807, 2.05) is 0 Å². The van der Waals surface area contributed by atoms with Gasteiger partial charge in [-0.3, -0.25) is 0 Å². The smallest absolute Gasteiger partial charge is 0.00179 e. The third-order valence-corrected chi connectivity index (χ3v) is 4.58. The van der Waals surface area contributed by atoms with E-state index < -0.39 is 0 Å². The molecule has 0 aliphatic heterocycles. The van der Waals surface area contributed by atoms with E-state index >= 15 is 0 Å². The van der Waals surface area contributed by atoms with Crippen molar-refractivity contribution in [1.82, 2.24) is 5.32 Å². The van der Waals surface area contributed by atoms with E-state index in [0.717, 1.165) is 11.8 Å². The molecule has 0 bridgehead atoms. The Morgan fingerprint density at radius 2 is 1.56 bits per heavy atom. The molecule has 108 valence electrons. The zero-order valence-corrected chi connectivity index (χ0v) is 12.8. The minimum atomic E-state index is 0.983. The summed E-state index contributed by atoms with van der Waals surface area (Å²) < 4.78 is 0. The molecule has 2 unspecified atom stereocenters. The maximum absolute atomic E-state index is 3.65. The van der Waals surface area contributed by atoms with Gasteiger partial charge in [0, 0.05) is 0 Å². The van der Waals surface area contributed by atoms with Crippen LogP contribution in [0.15, 0.2) is 0 Å². The van der Waals surface area contributed by atoms with Gasteiger partial charge in [0.2, 0.25) is 0 Å². The summed E-state index contributed by atoms with van der Waals surface area (Å²) in [7, 11) is 0. The van der Waals surface area contributed by atoms with Crippen LogP contribution < -0.4 is 5.32 Å². The topological polar surface area (TPSA) is 12.0 Å². The molecule has 1 nitrogen and oxygen atoms in total. The molecule has 0 aromatic heterocycles. The van der Waals surface area contributed by atoms with Crippen molar-refractivity contribution in [3.05, 3.63) is 0 Å². The number of rotatable bonds is 10. The molecule has 1 saturated carbocycles. The Morgan fingerprint density at radius 1 is 0.833 bits per heavy atom. The molecule has 0 radical (unpaired) electrons. The fraction of sp³-hybridized carbons (Fsp3) is 1.00. The van der Waals surface area contributed by atoms with Crippen LogP contribution in [-0.2, 0) is 0 Å². The third-order valence-electron chi connectivity index (χ3n) is 4.58. The quantitative estimate of drug-likeness (QED) is 0.531. The van der Waals surface area contributed by atoms with E-state index in [9.17, 15) is 0 Å². The minimum Gasteiger partial charge on any atom is -0.316 e. The molecule has 1 fully saturated rings. The normalized spacial score (nSPS) is 24.3. The fourth-order valence-electron chi connectivity index (χ4n) is 3.41. The van der Waals surface area contributed by atoms with E-state index in [1.54, 1.807) is 0 Å². The van der Waals surface area contributed by atoms with Gasteiger partial charge in [-0.25, -0.2) is 0 Å². The molecule has 0 saturated heterocycles. The molecule has 2 atom stereocenters. The van der Waals surface area contributed by atoms with Crippen molar-refractivity contribution in [3.8, 4) is 0 Å². The molecule has 1 aliphatic carbocycles. The van der Waals surface area contributed by atoms with Crippen molar-refractivity contribution in [2.75, 3.05) is 13.1 Å². The lowest BCUT2D eigenvalue weighted by molar-refractivity contribution is 0.213. The van der Waals surface area contributed by atoms with Crippen LogP contribution in [0.4, 0.5) is 0 Å². The van der Waals surface area contributed by atoms with Gasteiger partial charge in [0.15, 0.2) is 0 Å². The van der Waals surface area contributed by atoms with Crippen LogP contribution >= 0.6 is 0 Å². The lowest BCUT2D eigenvalue weighted by Gasteiger charge is -2.32. The first-order chi connectivity index (χ1) is 8.88. The summed E-state index contributed by atoms with van der Waals surface area (Å²) in [5.74, 6) is 2.02. The second-order valence-corrected chi connectivity index (χ2v) is 6.21. The van der Waals surface area contributed by atoms with E-state index in [4.69, 9.17) is 0 Å². The second-order valence-electron chi connectivity index (χ2n) is 6.21. The van der Waals surface area contributed by atoms with Gasteiger partial charge in [0.25, 0.3) is 0 Å². The Labute approximate surface area is 115 Å². The van der Waals surface area contributed by atoms with Crippen LogP contribution in [0.1, 0.15) is 84.5 Å². The van der Waals surface area contributed by atoms with Gasteiger partial charge < -0.3 is 5.32 Å². The van der Waals surface area contributed by atoms with Gasteiger partial charge in [0.05, 0.1) is 0 Å². The molecule has 0 aromatic carbocycles. The van der Waals surface area contributed by atoms with E-state index in [2.05, 4.69) is 19.2 Å². The number of unbranched alkanes of at least 4 members (excludes halogenated alkanes) is 4. The van der Waals surface area contributed by atoms with Crippen molar-refractivity contribution < 1.29 is 0 Å². The molecule has 0 amide bonds. The highest BCUT2D eigenvalue weighted by Crippen LogP contribution is 2.33. The molecule has 0 aromatic rings. The Hall–Kier alpha value is -0.0400. The second kappa shape index (κ2) is 10.8. The number of hydrogen-bond donors (Lipinski definition) is 1. The van der Waals surface area contributed by atoms with Crippen molar-refractivity contribution in [2.45, 2.75) is 84.5 Å². The highest BCUT2D eigenvalue weighted by molar-refractivity contribution is 4.77. The highest BCUT2D eigenvalue weighted by Gasteiger charge is 2.23. The average Bonchev–Trinajstić information content (AvgIpc) is 2.40. The average molecular weight is 253 g/mol. The van der Waals surface area contributed by atoms with Crippen LogP contribution in [0, 0.1) is 11.8 Å². The molecule has 1 aliphatic rings. The van der Waals surface area contributed by atoms with E-state index in [1.165, 1.54) is 83.7 Å². The fourth-order valence-corrected chi connectivity index (χ4v) is 3.41. The van der Waals surface area contributed by atoms with Crippen LogP contribution in [0.2, 0.25) is 0 Å². The van der Waals surface area contributed by atoms with Crippen molar-refractivity contribution in [3.63, 3.8) is 0 Å². The first kappa shape index (κ1) is 16.0. The van der Waals surface area contributed by atoms with Crippen molar-refractivity contribution in [1.29, 1.82) is 0 Å². The zero-order chi connectivity index (χ0) is 13.1. The standard InChI is InChI=1S/C17H35N/c1-3-5-6-7-8-11-16-12-9-10-13-17(16)15-18-14-4-2/h16-18H,3-15H2,1-2H3. The van der Waals surface area contributed by atoms with Crippen LogP contribution in [0.3, 0.4) is 0 Å². The van der Waals surface area contributed by atoms with Gasteiger partial charge in [0.1, 0.15) is 0 Å². The molecular weight excluding hydrogens is 218 g/mol. The van der Waals surface area contributed by atoms with Gasteiger partial charge in [-0.2, -0.15) is 0 Å². The van der Waals surface area contributed by atoms with E-state index in [-0.39, 0.29) is 0 Å². The summed E-state index contributed by atoms with van der Waals surface area (Å²) in [4.78, 5) is 0. The molecule has 0 heterocycles. The van der Waals surface area contributed by atoms with Gasteiger partial charge in [-0.05, 0) is 37.8 Å². The summed E-state index contributed by atoms with van der Waals surface area (Å²) in [5, 5.41) is 3.65. The van der Waals surface area contributed by atoms with Crippen LogP contribution in [0.25, 0.3) is 0 Å². The lowest BCUT2D eigenvalue weighted by atomic mass is 9.76. The minimum absolute atomic E-state index is 0.983. The number of nitrogens with one attached hydrogen (secondary N) is 1. The maximum atomic E-state index is 3.65. The first-order valence-electron chi connectivity index (χ1n) is 8.59. The SMILES string of the molecule is CCCCCCCC1CCCCC1CNCCC. The van der Waals surface area contributed by atoms with Crippen LogP contribution in [-0.4, -0.2) is 13.1 Å². The maximum Gasteiger partial charge on any atom is -0.00179 e. The molecule has 18 heavy (non-hydrogen) atoms. The molecule has 1 N–H and O–H groups in total. The predicted octanol–water partition coefficient (Wildman–Crippen LogP) is 5.15. The highest BCUT2D eigenvalue weighted by atomic mass is 14.9. The first-order valence-corrected chi connectivity index (χ1v) is 8.59. The third kappa shape index (κ3) is 6.78. The zero-order valence-electron chi connectivity index (χ0n) is 12.8. The molecule has 1 rings (SSSR count). The Bertz CT molecular complexity index is 178. The Balaban J connectivity index is 2.13. The Morgan fingerprint density at radius 3 is 2.28 bits per heavy atom. The van der Waals surface area contributed by atoms with Gasteiger partial charge in [-0.15, -0.1) is 0 Å². The Kier molecular flexibility index (Phi) is 9.65. The molecule has 1 heteroatoms. The van der Waals surface area contributed by atoms with Gasteiger partial charge in [-0.1, -0.05) is 71.6 Å². The van der Waals surface area contributed by atoms with E-state index in [0.29, 0.717) is 0 Å². The summed E-state index contributed by atoms with van der Waals surface area (Å²) in [6.07, 6.45) is 15.9. The summed E-state index contributed by atoms with van der Waals surface area (Å²) in [5.41, 5.74) is 0. The summed E-state index contributed by atoms with van der Waals surface area (Å²) in [6, 6.07) is 0. The van der Waals surface area contributed by atoms with Crippen molar-refractivity contribution in [2.24, 2.45) is 11.8 Å². The summed E-state index contributed by atoms with van der Waals surface area (Å²) >= 11 is 0. The monoisotopic (exact) mass is 253 g/mol. The van der Waals surface area contributed by atoms with Crippen LogP contribution in [0.5, 0.6) is 0 Å². The predicted molar refractivity (Wildman–Crippen MR) is 82.0 cm³/mol. The molecule has 0 spiro atoms. The molecular formula is C17H35N. The van der Waals surface area contributed by atoms with Gasteiger partial charge >= 0.3 is 0 Å². The largest absolute Gasteiger partial charge is 0.316 e. The van der Waals surface area contributed by atoms with Crippen molar-refractivity contribution >= 4 is 0 Å². The lowest BCUT2D eigenvalue weighted by Crippen LogP contribution is -2.31.